The molecular weight excluding hydrogens is 266 g/mol. The van der Waals surface area contributed by atoms with Gasteiger partial charge < -0.3 is 5.32 Å². The van der Waals surface area contributed by atoms with Gasteiger partial charge in [0.2, 0.25) is 0 Å². The lowest BCUT2D eigenvalue weighted by atomic mass is 9.63. The average molecular weight is 300 g/mol. The van der Waals surface area contributed by atoms with E-state index in [0.717, 1.165) is 12.5 Å². The molecule has 0 saturated heterocycles. The second kappa shape index (κ2) is 6.26. The normalized spacial score (nSPS) is 27.1. The number of nitrogens with one attached hydrogen (secondary N) is 1. The molecular formula is C21H33N. The van der Waals surface area contributed by atoms with Gasteiger partial charge in [-0.3, -0.25) is 0 Å². The van der Waals surface area contributed by atoms with Crippen molar-refractivity contribution in [3.8, 4) is 0 Å². The third-order valence-electron chi connectivity index (χ3n) is 6.37. The molecule has 1 aliphatic heterocycles. The Kier molecular flexibility index (Phi) is 4.52. The van der Waals surface area contributed by atoms with E-state index < -0.39 is 0 Å². The maximum Gasteiger partial charge on any atom is 0.0366 e. The molecule has 3 rings (SSSR count). The van der Waals surface area contributed by atoms with Crippen molar-refractivity contribution >= 4 is 0 Å². The fourth-order valence-electron chi connectivity index (χ4n) is 4.44. The van der Waals surface area contributed by atoms with Crippen LogP contribution in [0, 0.1) is 11.3 Å². The molecule has 2 aliphatic carbocycles. The molecule has 22 heavy (non-hydrogen) atoms. The van der Waals surface area contributed by atoms with Crippen molar-refractivity contribution in [3.05, 3.63) is 34.1 Å². The minimum absolute atomic E-state index is 0.309. The van der Waals surface area contributed by atoms with Crippen molar-refractivity contribution in [2.24, 2.45) is 11.3 Å². The van der Waals surface area contributed by atoms with Crippen molar-refractivity contribution in [1.29, 1.82) is 0 Å². The topological polar surface area (TPSA) is 12.0 Å². The van der Waals surface area contributed by atoms with Crippen molar-refractivity contribution in [3.63, 3.8) is 0 Å². The smallest absolute Gasteiger partial charge is 0.0366 e. The molecule has 1 nitrogen and oxygen atoms in total. The molecule has 0 spiro atoms. The Labute approximate surface area is 137 Å². The van der Waals surface area contributed by atoms with Crippen LogP contribution in [0.4, 0.5) is 0 Å². The maximum atomic E-state index is 3.76. The quantitative estimate of drug-likeness (QED) is 0.637. The highest BCUT2D eigenvalue weighted by Crippen LogP contribution is 2.50. The number of rotatable bonds is 4. The van der Waals surface area contributed by atoms with Gasteiger partial charge in [0.05, 0.1) is 0 Å². The highest BCUT2D eigenvalue weighted by molar-refractivity contribution is 5.55. The van der Waals surface area contributed by atoms with E-state index in [0.29, 0.717) is 5.41 Å². The Balaban J connectivity index is 1.91. The maximum absolute atomic E-state index is 3.76. The summed E-state index contributed by atoms with van der Waals surface area (Å²) in [4.78, 5) is 0. The number of fused-ring (bicyclic) bond motifs is 1. The molecule has 122 valence electrons. The molecule has 1 atom stereocenters. The summed E-state index contributed by atoms with van der Waals surface area (Å²) in [6.45, 7) is 10.8. The van der Waals surface area contributed by atoms with E-state index in [-0.39, 0.29) is 0 Å². The van der Waals surface area contributed by atoms with Gasteiger partial charge in [0.25, 0.3) is 0 Å². The first-order valence-electron chi connectivity index (χ1n) is 9.43. The van der Waals surface area contributed by atoms with Crippen LogP contribution < -0.4 is 5.32 Å². The van der Waals surface area contributed by atoms with E-state index in [9.17, 15) is 0 Å². The number of allylic oxidation sites excluding steroid dienone is 5. The van der Waals surface area contributed by atoms with Crippen LogP contribution in [-0.2, 0) is 0 Å². The molecule has 3 aliphatic rings. The molecule has 1 unspecified atom stereocenters. The standard InChI is InChI=1S/C21H33N/c1-5-6-7-8-16-10-11-17-14-22-19-12-9-15(2)21(3,4)20(19)18(17)13-16/h13,15,22H,5-12,14H2,1-4H3. The predicted molar refractivity (Wildman–Crippen MR) is 95.7 cm³/mol. The highest BCUT2D eigenvalue weighted by atomic mass is 14.9. The summed E-state index contributed by atoms with van der Waals surface area (Å²) in [5.41, 5.74) is 8.51. The zero-order valence-electron chi connectivity index (χ0n) is 15.0. The zero-order chi connectivity index (χ0) is 15.7. The van der Waals surface area contributed by atoms with Gasteiger partial charge in [0, 0.05) is 12.2 Å². The molecule has 1 heteroatoms. The summed E-state index contributed by atoms with van der Waals surface area (Å²) in [6.07, 6.45) is 13.1. The molecule has 0 fully saturated rings. The summed E-state index contributed by atoms with van der Waals surface area (Å²) < 4.78 is 0. The minimum Gasteiger partial charge on any atom is -0.384 e. The van der Waals surface area contributed by atoms with Gasteiger partial charge in [0.15, 0.2) is 0 Å². The average Bonchev–Trinajstić information content (AvgIpc) is 2.50. The Bertz CT molecular complexity index is 530. The first kappa shape index (κ1) is 15.9. The van der Waals surface area contributed by atoms with Gasteiger partial charge in [-0.05, 0) is 66.6 Å². The van der Waals surface area contributed by atoms with E-state index in [4.69, 9.17) is 0 Å². The molecule has 0 radical (unpaired) electrons. The van der Waals surface area contributed by atoms with E-state index >= 15 is 0 Å². The van der Waals surface area contributed by atoms with Crippen LogP contribution in [0.1, 0.15) is 79.1 Å². The third kappa shape index (κ3) is 2.79. The molecule has 1 N–H and O–H groups in total. The lowest BCUT2D eigenvalue weighted by Crippen LogP contribution is -2.38. The number of hydrogen-bond donors (Lipinski definition) is 1. The molecule has 0 amide bonds. The van der Waals surface area contributed by atoms with Gasteiger partial charge in [-0.1, -0.05) is 52.2 Å². The molecule has 0 saturated carbocycles. The van der Waals surface area contributed by atoms with Gasteiger partial charge >= 0.3 is 0 Å². The van der Waals surface area contributed by atoms with Crippen LogP contribution in [0.25, 0.3) is 0 Å². The van der Waals surface area contributed by atoms with Crippen LogP contribution in [0.3, 0.4) is 0 Å². The van der Waals surface area contributed by atoms with Gasteiger partial charge in [0.1, 0.15) is 0 Å². The third-order valence-corrected chi connectivity index (χ3v) is 6.37. The van der Waals surface area contributed by atoms with Crippen LogP contribution >= 0.6 is 0 Å². The number of unbranched alkanes of at least 4 members (excludes halogenated alkanes) is 2. The van der Waals surface area contributed by atoms with E-state index in [1.807, 2.05) is 0 Å². The Morgan fingerprint density at radius 2 is 2.00 bits per heavy atom. The Morgan fingerprint density at radius 1 is 1.18 bits per heavy atom. The van der Waals surface area contributed by atoms with Crippen molar-refractivity contribution < 1.29 is 0 Å². The van der Waals surface area contributed by atoms with E-state index in [1.165, 1.54) is 51.4 Å². The predicted octanol–water partition coefficient (Wildman–Crippen LogP) is 5.90. The van der Waals surface area contributed by atoms with Crippen molar-refractivity contribution in [2.75, 3.05) is 6.54 Å². The van der Waals surface area contributed by atoms with Crippen LogP contribution in [-0.4, -0.2) is 6.54 Å². The molecule has 0 bridgehead atoms. The van der Waals surface area contributed by atoms with Crippen molar-refractivity contribution in [2.45, 2.75) is 79.1 Å². The fraction of sp³-hybridized carbons (Fsp3) is 0.714. The second-order valence-electron chi connectivity index (χ2n) is 8.15. The minimum atomic E-state index is 0.309. The second-order valence-corrected chi connectivity index (χ2v) is 8.15. The van der Waals surface area contributed by atoms with E-state index in [1.54, 1.807) is 28.0 Å². The fourth-order valence-corrected chi connectivity index (χ4v) is 4.44. The summed E-state index contributed by atoms with van der Waals surface area (Å²) in [6, 6.07) is 0. The van der Waals surface area contributed by atoms with Gasteiger partial charge in [-0.2, -0.15) is 0 Å². The Hall–Kier alpha value is -0.980. The summed E-state index contributed by atoms with van der Waals surface area (Å²) in [5, 5.41) is 3.76. The Morgan fingerprint density at radius 3 is 2.77 bits per heavy atom. The molecule has 0 aromatic heterocycles. The highest BCUT2D eigenvalue weighted by Gasteiger charge is 2.39. The van der Waals surface area contributed by atoms with Gasteiger partial charge in [-0.15, -0.1) is 0 Å². The lowest BCUT2D eigenvalue weighted by molar-refractivity contribution is 0.247. The largest absolute Gasteiger partial charge is 0.384 e. The molecule has 1 heterocycles. The van der Waals surface area contributed by atoms with Crippen LogP contribution in [0.2, 0.25) is 0 Å². The molecule has 0 aromatic carbocycles. The van der Waals surface area contributed by atoms with Crippen molar-refractivity contribution in [1.82, 2.24) is 5.32 Å². The SMILES string of the molecule is CCCCCC1=CC2=C(CC1)CNC1=C2C(C)(C)C(C)CC1. The first-order chi connectivity index (χ1) is 10.5. The summed E-state index contributed by atoms with van der Waals surface area (Å²) in [5.74, 6) is 0.777. The van der Waals surface area contributed by atoms with Gasteiger partial charge in [-0.25, -0.2) is 0 Å². The molecule has 0 aromatic rings. The summed E-state index contributed by atoms with van der Waals surface area (Å²) >= 11 is 0. The number of dihydropyridines is 1. The lowest BCUT2D eigenvalue weighted by Gasteiger charge is -2.45. The van der Waals surface area contributed by atoms with Crippen LogP contribution in [0.5, 0.6) is 0 Å². The number of hydrogen-bond acceptors (Lipinski definition) is 1. The first-order valence-corrected chi connectivity index (χ1v) is 9.43. The monoisotopic (exact) mass is 299 g/mol. The van der Waals surface area contributed by atoms with Crippen LogP contribution in [0.15, 0.2) is 34.1 Å². The summed E-state index contributed by atoms with van der Waals surface area (Å²) in [7, 11) is 0. The zero-order valence-corrected chi connectivity index (χ0v) is 15.0. The van der Waals surface area contributed by atoms with E-state index in [2.05, 4.69) is 39.1 Å².